The number of hydrogen-bond donors (Lipinski definition) is 1. The maximum absolute atomic E-state index is 5.46. The molecule has 106 valence electrons. The number of ether oxygens (including phenoxy) is 1. The molecule has 0 heterocycles. The Morgan fingerprint density at radius 1 is 1.32 bits per heavy atom. The van der Waals surface area contributed by atoms with Crippen LogP contribution in [0.1, 0.15) is 45.6 Å². The third-order valence-electron chi connectivity index (χ3n) is 4.39. The average Bonchev–Trinajstić information content (AvgIpc) is 2.32. The number of benzene rings is 1. The normalized spacial score (nSPS) is 25.9. The molecule has 2 rings (SSSR count). The number of aryl methyl sites for hydroxylation is 1. The summed E-state index contributed by atoms with van der Waals surface area (Å²) in [7, 11) is 1.74. The summed E-state index contributed by atoms with van der Waals surface area (Å²) in [5, 5.41) is 3.70. The van der Waals surface area contributed by atoms with Crippen LogP contribution in [0.15, 0.2) is 18.2 Å². The Kier molecular flexibility index (Phi) is 4.07. The summed E-state index contributed by atoms with van der Waals surface area (Å²) in [6.07, 6.45) is 3.83. The third kappa shape index (κ3) is 3.43. The lowest BCUT2D eigenvalue weighted by molar-refractivity contribution is 0.177. The Balaban J connectivity index is 2.11. The highest BCUT2D eigenvalue weighted by Gasteiger charge is 2.32. The molecule has 1 aliphatic rings. The second-order valence-corrected chi connectivity index (χ2v) is 6.84. The predicted octanol–water partition coefficient (Wildman–Crippen LogP) is 4.63. The van der Waals surface area contributed by atoms with Crippen molar-refractivity contribution in [1.82, 2.24) is 0 Å². The van der Waals surface area contributed by atoms with Gasteiger partial charge in [0.1, 0.15) is 5.75 Å². The van der Waals surface area contributed by atoms with Gasteiger partial charge in [0.05, 0.1) is 12.8 Å². The van der Waals surface area contributed by atoms with Gasteiger partial charge in [0.25, 0.3) is 0 Å². The molecule has 0 spiro atoms. The van der Waals surface area contributed by atoms with Crippen LogP contribution in [0.2, 0.25) is 0 Å². The van der Waals surface area contributed by atoms with Crippen LogP contribution in [0, 0.1) is 18.3 Å². The zero-order chi connectivity index (χ0) is 14.0. The minimum absolute atomic E-state index is 0.494. The van der Waals surface area contributed by atoms with Gasteiger partial charge in [0.15, 0.2) is 0 Å². The first-order chi connectivity index (χ1) is 8.91. The Morgan fingerprint density at radius 2 is 2.05 bits per heavy atom. The van der Waals surface area contributed by atoms with Crippen molar-refractivity contribution in [2.24, 2.45) is 11.3 Å². The van der Waals surface area contributed by atoms with Gasteiger partial charge in [0, 0.05) is 6.04 Å². The molecule has 2 unspecified atom stereocenters. The van der Waals surface area contributed by atoms with Crippen LogP contribution in [0.5, 0.6) is 5.75 Å². The molecular formula is C17H27NO. The number of anilines is 1. The van der Waals surface area contributed by atoms with Crippen LogP contribution in [0.3, 0.4) is 0 Å². The fourth-order valence-electron chi connectivity index (χ4n) is 3.30. The zero-order valence-corrected chi connectivity index (χ0v) is 12.9. The molecule has 2 heteroatoms. The van der Waals surface area contributed by atoms with Gasteiger partial charge in [-0.05, 0) is 55.2 Å². The van der Waals surface area contributed by atoms with Crippen molar-refractivity contribution in [2.45, 2.75) is 53.0 Å². The molecule has 0 radical (unpaired) electrons. The maximum atomic E-state index is 5.46. The first kappa shape index (κ1) is 14.2. The number of nitrogens with one attached hydrogen (secondary N) is 1. The van der Waals surface area contributed by atoms with E-state index in [1.165, 1.54) is 24.8 Å². The SMILES string of the molecule is COc1ccc(C)cc1NC1CCC(C)(C)CC1C. The summed E-state index contributed by atoms with van der Waals surface area (Å²) >= 11 is 0. The third-order valence-corrected chi connectivity index (χ3v) is 4.39. The first-order valence-electron chi connectivity index (χ1n) is 7.32. The van der Waals surface area contributed by atoms with E-state index in [1.54, 1.807) is 7.11 Å². The molecule has 1 fully saturated rings. The van der Waals surface area contributed by atoms with E-state index < -0.39 is 0 Å². The molecule has 0 amide bonds. The van der Waals surface area contributed by atoms with Crippen molar-refractivity contribution in [1.29, 1.82) is 0 Å². The van der Waals surface area contributed by atoms with Crippen LogP contribution in [0.4, 0.5) is 5.69 Å². The lowest BCUT2D eigenvalue weighted by atomic mass is 9.70. The zero-order valence-electron chi connectivity index (χ0n) is 12.9. The topological polar surface area (TPSA) is 21.3 Å². The standard InChI is InChI=1S/C17H27NO/c1-12-6-7-16(19-5)15(10-12)18-14-8-9-17(3,4)11-13(14)2/h6-7,10,13-14,18H,8-9,11H2,1-5H3. The van der Waals surface area contributed by atoms with Crippen LogP contribution in [-0.4, -0.2) is 13.2 Å². The van der Waals surface area contributed by atoms with Crippen molar-refractivity contribution >= 4 is 5.69 Å². The summed E-state index contributed by atoms with van der Waals surface area (Å²) in [5.41, 5.74) is 2.90. The molecule has 0 aromatic heterocycles. The van der Waals surface area contributed by atoms with E-state index in [9.17, 15) is 0 Å². The Labute approximate surface area is 117 Å². The summed E-state index contributed by atoms with van der Waals surface area (Å²) < 4.78 is 5.46. The van der Waals surface area contributed by atoms with Crippen molar-refractivity contribution in [2.75, 3.05) is 12.4 Å². The minimum atomic E-state index is 0.494. The van der Waals surface area contributed by atoms with Gasteiger partial charge in [-0.25, -0.2) is 0 Å². The average molecular weight is 261 g/mol. The quantitative estimate of drug-likeness (QED) is 0.856. The highest BCUT2D eigenvalue weighted by molar-refractivity contribution is 5.58. The molecule has 1 saturated carbocycles. The number of hydrogen-bond acceptors (Lipinski definition) is 2. The molecular weight excluding hydrogens is 234 g/mol. The first-order valence-corrected chi connectivity index (χ1v) is 7.32. The van der Waals surface area contributed by atoms with Crippen LogP contribution >= 0.6 is 0 Å². The highest BCUT2D eigenvalue weighted by Crippen LogP contribution is 2.40. The smallest absolute Gasteiger partial charge is 0.141 e. The van der Waals surface area contributed by atoms with Gasteiger partial charge in [0.2, 0.25) is 0 Å². The van der Waals surface area contributed by atoms with Crippen LogP contribution in [0.25, 0.3) is 0 Å². The van der Waals surface area contributed by atoms with E-state index in [4.69, 9.17) is 4.74 Å². The fourth-order valence-corrected chi connectivity index (χ4v) is 3.30. The minimum Gasteiger partial charge on any atom is -0.495 e. The summed E-state index contributed by atoms with van der Waals surface area (Å²) in [6.45, 7) is 9.25. The summed E-state index contributed by atoms with van der Waals surface area (Å²) in [5.74, 6) is 1.65. The predicted molar refractivity (Wildman–Crippen MR) is 81.9 cm³/mol. The second kappa shape index (κ2) is 5.44. The highest BCUT2D eigenvalue weighted by atomic mass is 16.5. The Hall–Kier alpha value is -1.18. The van der Waals surface area contributed by atoms with Crippen molar-refractivity contribution in [3.05, 3.63) is 23.8 Å². The largest absolute Gasteiger partial charge is 0.495 e. The van der Waals surface area contributed by atoms with Gasteiger partial charge in [-0.3, -0.25) is 0 Å². The van der Waals surface area contributed by atoms with E-state index in [1.807, 2.05) is 0 Å². The summed E-state index contributed by atoms with van der Waals surface area (Å²) in [4.78, 5) is 0. The molecule has 2 atom stereocenters. The van der Waals surface area contributed by atoms with Crippen molar-refractivity contribution in [3.8, 4) is 5.75 Å². The summed E-state index contributed by atoms with van der Waals surface area (Å²) in [6, 6.07) is 6.89. The van der Waals surface area contributed by atoms with E-state index in [-0.39, 0.29) is 0 Å². The van der Waals surface area contributed by atoms with E-state index in [0.717, 1.165) is 11.4 Å². The fraction of sp³-hybridized carbons (Fsp3) is 0.647. The molecule has 0 aliphatic heterocycles. The lowest BCUT2D eigenvalue weighted by Gasteiger charge is -2.40. The van der Waals surface area contributed by atoms with Crippen molar-refractivity contribution in [3.63, 3.8) is 0 Å². The van der Waals surface area contributed by atoms with Crippen LogP contribution < -0.4 is 10.1 Å². The van der Waals surface area contributed by atoms with E-state index in [2.05, 4.69) is 51.2 Å². The number of rotatable bonds is 3. The van der Waals surface area contributed by atoms with Gasteiger partial charge < -0.3 is 10.1 Å². The van der Waals surface area contributed by atoms with E-state index >= 15 is 0 Å². The molecule has 1 aromatic carbocycles. The molecule has 2 nitrogen and oxygen atoms in total. The van der Waals surface area contributed by atoms with Crippen LogP contribution in [-0.2, 0) is 0 Å². The van der Waals surface area contributed by atoms with Gasteiger partial charge in [-0.1, -0.05) is 26.8 Å². The molecule has 19 heavy (non-hydrogen) atoms. The molecule has 0 bridgehead atoms. The monoisotopic (exact) mass is 261 g/mol. The number of methoxy groups -OCH3 is 1. The van der Waals surface area contributed by atoms with E-state index in [0.29, 0.717) is 17.4 Å². The molecule has 0 saturated heterocycles. The van der Waals surface area contributed by atoms with Gasteiger partial charge in [-0.15, -0.1) is 0 Å². The Morgan fingerprint density at radius 3 is 2.68 bits per heavy atom. The Bertz CT molecular complexity index is 439. The molecule has 1 N–H and O–H groups in total. The maximum Gasteiger partial charge on any atom is 0.141 e. The molecule has 1 aliphatic carbocycles. The molecule has 1 aromatic rings. The lowest BCUT2D eigenvalue weighted by Crippen LogP contribution is -2.36. The van der Waals surface area contributed by atoms with Crippen molar-refractivity contribution < 1.29 is 4.74 Å². The second-order valence-electron chi connectivity index (χ2n) is 6.84. The van der Waals surface area contributed by atoms with Gasteiger partial charge in [-0.2, -0.15) is 0 Å². The van der Waals surface area contributed by atoms with Gasteiger partial charge >= 0.3 is 0 Å².